The molecule has 2 aromatic rings. The number of hydrogen-bond acceptors (Lipinski definition) is 4. The van der Waals surface area contributed by atoms with Crippen molar-refractivity contribution >= 4 is 11.6 Å². The fourth-order valence-corrected chi connectivity index (χ4v) is 3.60. The van der Waals surface area contributed by atoms with Crippen molar-refractivity contribution in [2.45, 2.75) is 26.8 Å². The van der Waals surface area contributed by atoms with Crippen LogP contribution in [0.3, 0.4) is 0 Å². The van der Waals surface area contributed by atoms with E-state index < -0.39 is 0 Å². The zero-order valence-electron chi connectivity index (χ0n) is 17.2. The predicted octanol–water partition coefficient (Wildman–Crippen LogP) is 3.72. The van der Waals surface area contributed by atoms with Crippen molar-refractivity contribution in [1.82, 2.24) is 9.80 Å². The van der Waals surface area contributed by atoms with Gasteiger partial charge in [0.2, 0.25) is 0 Å². The molecule has 0 aromatic heterocycles. The fraction of sp³-hybridized carbons (Fsp3) is 0.333. The second kappa shape index (κ2) is 9.90. The van der Waals surface area contributed by atoms with E-state index in [0.717, 1.165) is 56.0 Å². The summed E-state index contributed by atoms with van der Waals surface area (Å²) in [6.45, 7) is 8.37. The summed E-state index contributed by atoms with van der Waals surface area (Å²) in [6, 6.07) is 18.5. The number of aryl methyl sites for hydroxylation is 2. The van der Waals surface area contributed by atoms with Gasteiger partial charge in [-0.2, -0.15) is 5.26 Å². The number of piperazine rings is 1. The van der Waals surface area contributed by atoms with Crippen LogP contribution in [0.2, 0.25) is 0 Å². The van der Waals surface area contributed by atoms with Crippen molar-refractivity contribution in [3.63, 3.8) is 0 Å². The molecule has 150 valence electrons. The lowest BCUT2D eigenvalue weighted by molar-refractivity contribution is -0.112. The molecule has 0 spiro atoms. The number of para-hydroxylation sites is 1. The van der Waals surface area contributed by atoms with Crippen LogP contribution in [0.15, 0.2) is 60.3 Å². The normalized spacial score (nSPS) is 15.1. The van der Waals surface area contributed by atoms with Crippen LogP contribution in [0.1, 0.15) is 23.6 Å². The maximum Gasteiger partial charge on any atom is 0.267 e. The first kappa shape index (κ1) is 20.6. The van der Waals surface area contributed by atoms with E-state index in [9.17, 15) is 10.1 Å². The zero-order chi connectivity index (χ0) is 20.6. The third-order valence-corrected chi connectivity index (χ3v) is 5.31. The minimum absolute atomic E-state index is 0.145. The number of anilines is 1. The molecule has 5 nitrogen and oxygen atoms in total. The molecule has 1 N–H and O–H groups in total. The second-order valence-electron chi connectivity index (χ2n) is 7.37. The maximum absolute atomic E-state index is 12.7. The predicted molar refractivity (Wildman–Crippen MR) is 116 cm³/mol. The van der Waals surface area contributed by atoms with Gasteiger partial charge in [0, 0.05) is 44.6 Å². The third kappa shape index (κ3) is 5.46. The molecule has 0 unspecified atom stereocenters. The Bertz CT molecular complexity index is 906. The Balaban J connectivity index is 1.61. The molecular weight excluding hydrogens is 360 g/mol. The largest absolute Gasteiger partial charge is 0.374 e. The molecule has 0 saturated carbocycles. The van der Waals surface area contributed by atoms with Gasteiger partial charge in [0.05, 0.1) is 0 Å². The highest BCUT2D eigenvalue weighted by molar-refractivity contribution is 6.07. The first-order valence-corrected chi connectivity index (χ1v) is 10.1. The Labute approximate surface area is 173 Å². The van der Waals surface area contributed by atoms with Gasteiger partial charge < -0.3 is 10.2 Å². The van der Waals surface area contributed by atoms with Crippen LogP contribution < -0.4 is 5.32 Å². The highest BCUT2D eigenvalue weighted by Crippen LogP contribution is 2.22. The third-order valence-electron chi connectivity index (χ3n) is 5.31. The molecule has 3 rings (SSSR count). The van der Waals surface area contributed by atoms with Gasteiger partial charge in [0.15, 0.2) is 0 Å². The quantitative estimate of drug-likeness (QED) is 0.605. The van der Waals surface area contributed by atoms with Crippen molar-refractivity contribution in [1.29, 1.82) is 5.26 Å². The molecule has 0 radical (unpaired) electrons. The minimum atomic E-state index is -0.344. The van der Waals surface area contributed by atoms with Gasteiger partial charge in [-0.25, -0.2) is 0 Å². The molecule has 0 bridgehead atoms. The number of hydrogen-bond donors (Lipinski definition) is 1. The molecule has 0 aliphatic carbocycles. The van der Waals surface area contributed by atoms with Crippen molar-refractivity contribution < 1.29 is 4.79 Å². The molecule has 0 atom stereocenters. The molecule has 1 heterocycles. The summed E-state index contributed by atoms with van der Waals surface area (Å²) in [7, 11) is 0. The summed E-state index contributed by atoms with van der Waals surface area (Å²) in [5.74, 6) is -0.344. The number of rotatable bonds is 6. The second-order valence-corrected chi connectivity index (χ2v) is 7.37. The standard InChI is InChI=1S/C24H28N4O/c1-3-21-11-7-8-19(2)23(21)26-24(29)22(16-25)18-28-14-12-27(13-15-28)17-20-9-5-4-6-10-20/h4-11,18H,3,12-15,17H2,1-2H3,(H,26,29)/b22-18-. The summed E-state index contributed by atoms with van der Waals surface area (Å²) >= 11 is 0. The van der Waals surface area contributed by atoms with Gasteiger partial charge in [-0.1, -0.05) is 55.5 Å². The van der Waals surface area contributed by atoms with E-state index in [-0.39, 0.29) is 11.5 Å². The van der Waals surface area contributed by atoms with Gasteiger partial charge in [0.1, 0.15) is 11.6 Å². The Morgan fingerprint density at radius 2 is 1.83 bits per heavy atom. The Morgan fingerprint density at radius 3 is 2.48 bits per heavy atom. The number of nitrogens with zero attached hydrogens (tertiary/aromatic N) is 3. The summed E-state index contributed by atoms with van der Waals surface area (Å²) in [5.41, 5.74) is 4.34. The lowest BCUT2D eigenvalue weighted by Gasteiger charge is -2.34. The lowest BCUT2D eigenvalue weighted by Crippen LogP contribution is -2.43. The zero-order valence-corrected chi connectivity index (χ0v) is 17.2. The number of amides is 1. The molecule has 1 saturated heterocycles. The topological polar surface area (TPSA) is 59.4 Å². The average molecular weight is 389 g/mol. The van der Waals surface area contributed by atoms with Crippen LogP contribution >= 0.6 is 0 Å². The van der Waals surface area contributed by atoms with Crippen LogP contribution in [-0.4, -0.2) is 41.9 Å². The van der Waals surface area contributed by atoms with Gasteiger partial charge in [-0.3, -0.25) is 9.69 Å². The molecule has 1 aliphatic rings. The van der Waals surface area contributed by atoms with Crippen LogP contribution in [-0.2, 0) is 17.8 Å². The van der Waals surface area contributed by atoms with E-state index in [1.807, 2.05) is 31.2 Å². The summed E-state index contributed by atoms with van der Waals surface area (Å²) in [5, 5.41) is 12.5. The minimum Gasteiger partial charge on any atom is -0.374 e. The highest BCUT2D eigenvalue weighted by atomic mass is 16.1. The van der Waals surface area contributed by atoms with Crippen LogP contribution in [0.25, 0.3) is 0 Å². The summed E-state index contributed by atoms with van der Waals surface area (Å²) in [6.07, 6.45) is 2.53. The Kier molecular flexibility index (Phi) is 7.04. The Hall–Kier alpha value is -3.10. The maximum atomic E-state index is 12.7. The van der Waals surface area contributed by atoms with Crippen LogP contribution in [0.4, 0.5) is 5.69 Å². The van der Waals surface area contributed by atoms with Crippen molar-refractivity contribution in [2.75, 3.05) is 31.5 Å². The van der Waals surface area contributed by atoms with Gasteiger partial charge in [-0.05, 0) is 30.0 Å². The van der Waals surface area contributed by atoms with Gasteiger partial charge in [-0.15, -0.1) is 0 Å². The lowest BCUT2D eigenvalue weighted by atomic mass is 10.1. The fourth-order valence-electron chi connectivity index (χ4n) is 3.60. The molecule has 5 heteroatoms. The SMILES string of the molecule is CCc1cccc(C)c1NC(=O)/C(C#N)=C\N1CCN(Cc2ccccc2)CC1. The van der Waals surface area contributed by atoms with Crippen molar-refractivity contribution in [3.8, 4) is 6.07 Å². The van der Waals surface area contributed by atoms with Crippen molar-refractivity contribution in [2.24, 2.45) is 0 Å². The summed E-state index contributed by atoms with van der Waals surface area (Å²) in [4.78, 5) is 17.2. The number of benzene rings is 2. The molecule has 1 aliphatic heterocycles. The molecular formula is C24H28N4O. The monoisotopic (exact) mass is 388 g/mol. The average Bonchev–Trinajstić information content (AvgIpc) is 2.75. The number of carbonyl (C=O) groups excluding carboxylic acids is 1. The number of nitrogens with one attached hydrogen (secondary N) is 1. The van der Waals surface area contributed by atoms with E-state index in [1.54, 1.807) is 6.20 Å². The van der Waals surface area contributed by atoms with E-state index in [4.69, 9.17) is 0 Å². The van der Waals surface area contributed by atoms with Crippen molar-refractivity contribution in [3.05, 3.63) is 77.0 Å². The molecule has 29 heavy (non-hydrogen) atoms. The number of nitriles is 1. The Morgan fingerprint density at radius 1 is 1.10 bits per heavy atom. The van der Waals surface area contributed by atoms with Gasteiger partial charge in [0.25, 0.3) is 5.91 Å². The summed E-state index contributed by atoms with van der Waals surface area (Å²) < 4.78 is 0. The first-order valence-electron chi connectivity index (χ1n) is 10.1. The van der Waals surface area contributed by atoms with Gasteiger partial charge >= 0.3 is 0 Å². The molecule has 1 fully saturated rings. The number of carbonyl (C=O) groups is 1. The highest BCUT2D eigenvalue weighted by Gasteiger charge is 2.18. The van der Waals surface area contributed by atoms with E-state index in [1.165, 1.54) is 5.56 Å². The smallest absolute Gasteiger partial charge is 0.267 e. The van der Waals surface area contributed by atoms with E-state index in [0.29, 0.717) is 0 Å². The van der Waals surface area contributed by atoms with E-state index in [2.05, 4.69) is 52.4 Å². The van der Waals surface area contributed by atoms with E-state index >= 15 is 0 Å². The molecule has 1 amide bonds. The molecule has 2 aromatic carbocycles. The van der Waals surface area contributed by atoms with Crippen LogP contribution in [0, 0.1) is 18.3 Å². The first-order chi connectivity index (χ1) is 14.1. The van der Waals surface area contributed by atoms with Crippen LogP contribution in [0.5, 0.6) is 0 Å².